The second kappa shape index (κ2) is 4.62. The number of rotatable bonds is 3. The molecule has 1 aromatic carbocycles. The van der Waals surface area contributed by atoms with Gasteiger partial charge in [-0.05, 0) is 18.1 Å². The lowest BCUT2D eigenvalue weighted by Crippen LogP contribution is -1.94. The Kier molecular flexibility index (Phi) is 3.01. The van der Waals surface area contributed by atoms with Crippen molar-refractivity contribution in [2.75, 3.05) is 0 Å². The minimum Gasteiger partial charge on any atom is -0.298 e. The summed E-state index contributed by atoms with van der Waals surface area (Å²) in [5.41, 5.74) is 3.57. The summed E-state index contributed by atoms with van der Waals surface area (Å²) < 4.78 is 1.58. The van der Waals surface area contributed by atoms with Crippen LogP contribution < -0.4 is 0 Å². The van der Waals surface area contributed by atoms with Gasteiger partial charge in [-0.15, -0.1) is 0 Å². The molecule has 4 nitrogen and oxygen atoms in total. The molecule has 0 aliphatic carbocycles. The molecule has 0 radical (unpaired) electrons. The molecule has 0 aliphatic rings. The highest BCUT2D eigenvalue weighted by atomic mass is 16.1. The molecular weight excluding hydrogens is 214 g/mol. The molecule has 0 atom stereocenters. The van der Waals surface area contributed by atoms with E-state index in [4.69, 9.17) is 5.26 Å². The van der Waals surface area contributed by atoms with Gasteiger partial charge in [-0.3, -0.25) is 9.48 Å². The summed E-state index contributed by atoms with van der Waals surface area (Å²) in [5, 5.41) is 12.6. The summed E-state index contributed by atoms with van der Waals surface area (Å²) in [6.07, 6.45) is 4.38. The molecule has 4 heteroatoms. The Labute approximate surface area is 99.1 Å². The van der Waals surface area contributed by atoms with Gasteiger partial charge in [0.2, 0.25) is 0 Å². The van der Waals surface area contributed by atoms with Gasteiger partial charge in [-0.2, -0.15) is 10.4 Å². The van der Waals surface area contributed by atoms with Gasteiger partial charge >= 0.3 is 0 Å². The number of nitrogens with zero attached hydrogens (tertiary/aromatic N) is 3. The number of hydrogen-bond donors (Lipinski definition) is 0. The van der Waals surface area contributed by atoms with Gasteiger partial charge in [0, 0.05) is 17.3 Å². The van der Waals surface area contributed by atoms with Gasteiger partial charge in [0.25, 0.3) is 0 Å². The fourth-order valence-corrected chi connectivity index (χ4v) is 1.66. The highest BCUT2D eigenvalue weighted by Gasteiger charge is 2.04. The van der Waals surface area contributed by atoms with Crippen molar-refractivity contribution in [2.45, 2.75) is 13.5 Å². The standard InChI is InChI=1S/C13H11N3O/c1-10-6-11(2-3-12(10)9-17)13-7-15-16(8-13)5-4-14/h2-3,6-9H,5H2,1H3. The van der Waals surface area contributed by atoms with Gasteiger partial charge in [0.15, 0.2) is 0 Å². The molecule has 0 spiro atoms. The summed E-state index contributed by atoms with van der Waals surface area (Å²) in [6, 6.07) is 7.64. The molecule has 0 aliphatic heterocycles. The molecule has 1 aromatic heterocycles. The van der Waals surface area contributed by atoms with Crippen molar-refractivity contribution in [1.29, 1.82) is 5.26 Å². The number of benzene rings is 1. The minimum absolute atomic E-state index is 0.241. The van der Waals surface area contributed by atoms with E-state index in [0.717, 1.165) is 23.0 Å². The predicted octanol–water partition coefficient (Wildman–Crippen LogP) is 2.19. The molecule has 2 rings (SSSR count). The number of aryl methyl sites for hydroxylation is 1. The maximum atomic E-state index is 10.7. The molecule has 0 fully saturated rings. The first-order chi connectivity index (χ1) is 8.24. The zero-order valence-corrected chi connectivity index (χ0v) is 9.42. The van der Waals surface area contributed by atoms with Gasteiger partial charge in [0.1, 0.15) is 12.8 Å². The van der Waals surface area contributed by atoms with Crippen molar-refractivity contribution in [3.8, 4) is 17.2 Å². The van der Waals surface area contributed by atoms with Crippen LogP contribution in [0.1, 0.15) is 15.9 Å². The Bertz CT molecular complexity index is 593. The lowest BCUT2D eigenvalue weighted by Gasteiger charge is -2.01. The maximum Gasteiger partial charge on any atom is 0.150 e. The minimum atomic E-state index is 0.241. The number of aldehydes is 1. The molecule has 1 heterocycles. The fourth-order valence-electron chi connectivity index (χ4n) is 1.66. The van der Waals surface area contributed by atoms with Crippen LogP contribution in [0.5, 0.6) is 0 Å². The van der Waals surface area contributed by atoms with E-state index in [1.807, 2.05) is 31.3 Å². The van der Waals surface area contributed by atoms with Gasteiger partial charge in [-0.1, -0.05) is 18.2 Å². The topological polar surface area (TPSA) is 58.7 Å². The van der Waals surface area contributed by atoms with E-state index in [0.29, 0.717) is 5.56 Å². The van der Waals surface area contributed by atoms with Crippen LogP contribution in [0.15, 0.2) is 30.6 Å². The maximum absolute atomic E-state index is 10.7. The normalized spacial score (nSPS) is 9.88. The molecular formula is C13H11N3O. The summed E-state index contributed by atoms with van der Waals surface area (Å²) in [4.78, 5) is 10.7. The van der Waals surface area contributed by atoms with E-state index in [9.17, 15) is 4.79 Å². The molecule has 0 N–H and O–H groups in total. The van der Waals surface area contributed by atoms with E-state index >= 15 is 0 Å². The van der Waals surface area contributed by atoms with Crippen LogP contribution in [0.25, 0.3) is 11.1 Å². The predicted molar refractivity (Wildman–Crippen MR) is 63.4 cm³/mol. The quantitative estimate of drug-likeness (QED) is 0.752. The van der Waals surface area contributed by atoms with Crippen molar-refractivity contribution in [3.63, 3.8) is 0 Å². The summed E-state index contributed by atoms with van der Waals surface area (Å²) >= 11 is 0. The van der Waals surface area contributed by atoms with Crippen molar-refractivity contribution >= 4 is 6.29 Å². The number of carbonyl (C=O) groups is 1. The van der Waals surface area contributed by atoms with Crippen LogP contribution >= 0.6 is 0 Å². The van der Waals surface area contributed by atoms with Crippen LogP contribution in [0.2, 0.25) is 0 Å². The summed E-state index contributed by atoms with van der Waals surface area (Å²) in [5.74, 6) is 0. The molecule has 0 bridgehead atoms. The molecule has 0 saturated carbocycles. The third kappa shape index (κ3) is 2.23. The van der Waals surface area contributed by atoms with Gasteiger partial charge < -0.3 is 0 Å². The zero-order chi connectivity index (χ0) is 12.3. The average molecular weight is 225 g/mol. The summed E-state index contributed by atoms with van der Waals surface area (Å²) in [6.45, 7) is 2.14. The Morgan fingerprint density at radius 3 is 2.94 bits per heavy atom. The van der Waals surface area contributed by atoms with Gasteiger partial charge in [0.05, 0.1) is 12.3 Å². The van der Waals surface area contributed by atoms with Crippen LogP contribution in [0, 0.1) is 18.3 Å². The SMILES string of the molecule is Cc1cc(-c2cnn(CC#N)c2)ccc1C=O. The van der Waals surface area contributed by atoms with E-state index < -0.39 is 0 Å². The van der Waals surface area contributed by atoms with E-state index in [2.05, 4.69) is 5.10 Å². The third-order valence-corrected chi connectivity index (χ3v) is 2.60. The molecule has 17 heavy (non-hydrogen) atoms. The fraction of sp³-hybridized carbons (Fsp3) is 0.154. The van der Waals surface area contributed by atoms with Crippen LogP contribution in [-0.2, 0) is 6.54 Å². The van der Waals surface area contributed by atoms with Crippen LogP contribution in [0.3, 0.4) is 0 Å². The van der Waals surface area contributed by atoms with E-state index in [-0.39, 0.29) is 6.54 Å². The van der Waals surface area contributed by atoms with Crippen molar-refractivity contribution < 1.29 is 4.79 Å². The lowest BCUT2D eigenvalue weighted by molar-refractivity contribution is 0.112. The molecule has 0 amide bonds. The Morgan fingerprint density at radius 2 is 2.29 bits per heavy atom. The first kappa shape index (κ1) is 11.1. The first-order valence-electron chi connectivity index (χ1n) is 5.20. The first-order valence-corrected chi connectivity index (χ1v) is 5.20. The molecule has 2 aromatic rings. The monoisotopic (exact) mass is 225 g/mol. The third-order valence-electron chi connectivity index (χ3n) is 2.60. The number of carbonyl (C=O) groups excluding carboxylic acids is 1. The Balaban J connectivity index is 2.36. The number of hydrogen-bond acceptors (Lipinski definition) is 3. The molecule has 84 valence electrons. The zero-order valence-electron chi connectivity index (χ0n) is 9.42. The Hall–Kier alpha value is -2.41. The van der Waals surface area contributed by atoms with Crippen molar-refractivity contribution in [2.24, 2.45) is 0 Å². The highest BCUT2D eigenvalue weighted by Crippen LogP contribution is 2.21. The van der Waals surface area contributed by atoms with Crippen LogP contribution in [-0.4, -0.2) is 16.1 Å². The highest BCUT2D eigenvalue weighted by molar-refractivity contribution is 5.79. The Morgan fingerprint density at radius 1 is 1.47 bits per heavy atom. The van der Waals surface area contributed by atoms with E-state index in [1.165, 1.54) is 0 Å². The largest absolute Gasteiger partial charge is 0.298 e. The molecule has 0 saturated heterocycles. The van der Waals surface area contributed by atoms with Crippen molar-refractivity contribution in [3.05, 3.63) is 41.7 Å². The number of aromatic nitrogens is 2. The molecule has 0 unspecified atom stereocenters. The smallest absolute Gasteiger partial charge is 0.150 e. The van der Waals surface area contributed by atoms with Gasteiger partial charge in [-0.25, -0.2) is 0 Å². The second-order valence-corrected chi connectivity index (χ2v) is 3.77. The second-order valence-electron chi connectivity index (χ2n) is 3.77. The van der Waals surface area contributed by atoms with Crippen LogP contribution in [0.4, 0.5) is 0 Å². The van der Waals surface area contributed by atoms with E-state index in [1.54, 1.807) is 16.9 Å². The van der Waals surface area contributed by atoms with Crippen molar-refractivity contribution in [1.82, 2.24) is 9.78 Å². The summed E-state index contributed by atoms with van der Waals surface area (Å²) in [7, 11) is 0. The number of nitriles is 1. The lowest BCUT2D eigenvalue weighted by atomic mass is 10.0. The average Bonchev–Trinajstić information content (AvgIpc) is 2.78.